The van der Waals surface area contributed by atoms with E-state index >= 15 is 0 Å². The van der Waals surface area contributed by atoms with Crippen LogP contribution in [-0.2, 0) is 4.79 Å². The summed E-state index contributed by atoms with van der Waals surface area (Å²) in [5.74, 6) is -1.25. The van der Waals surface area contributed by atoms with Gasteiger partial charge in [-0.3, -0.25) is 4.79 Å². The number of halogens is 2. The van der Waals surface area contributed by atoms with Crippen LogP contribution < -0.4 is 0 Å². The Labute approximate surface area is 92.9 Å². The third kappa shape index (κ3) is 4.38. The van der Waals surface area contributed by atoms with Crippen LogP contribution in [0.1, 0.15) is 37.4 Å². The van der Waals surface area contributed by atoms with Crippen molar-refractivity contribution >= 4 is 5.97 Å². The fraction of sp³-hybridized carbons (Fsp3) is 0.417. The van der Waals surface area contributed by atoms with Gasteiger partial charge in [-0.1, -0.05) is 12.1 Å². The first kappa shape index (κ1) is 12.6. The standard InChI is InChI=1S/C12H14F2O2/c13-10-7-5-9(6-8-10)11(14)3-1-2-4-12(15)16/h5-8,11H,1-4H2,(H,15,16). The lowest BCUT2D eigenvalue weighted by Gasteiger charge is -2.07. The molecule has 1 unspecified atom stereocenters. The van der Waals surface area contributed by atoms with Gasteiger partial charge < -0.3 is 5.11 Å². The van der Waals surface area contributed by atoms with Gasteiger partial charge in [0.2, 0.25) is 0 Å². The number of unbranched alkanes of at least 4 members (excludes halogenated alkanes) is 1. The number of benzene rings is 1. The molecule has 0 spiro atoms. The van der Waals surface area contributed by atoms with Crippen molar-refractivity contribution < 1.29 is 18.7 Å². The number of carboxylic acids is 1. The third-order valence-corrected chi connectivity index (χ3v) is 2.33. The van der Waals surface area contributed by atoms with Crippen LogP contribution in [0.25, 0.3) is 0 Å². The maximum Gasteiger partial charge on any atom is 0.303 e. The van der Waals surface area contributed by atoms with Gasteiger partial charge in [0.15, 0.2) is 0 Å². The molecule has 0 saturated carbocycles. The quantitative estimate of drug-likeness (QED) is 0.757. The Morgan fingerprint density at radius 3 is 2.44 bits per heavy atom. The zero-order valence-electron chi connectivity index (χ0n) is 8.83. The van der Waals surface area contributed by atoms with Gasteiger partial charge in [-0.05, 0) is 37.0 Å². The molecular weight excluding hydrogens is 214 g/mol. The van der Waals surface area contributed by atoms with E-state index in [9.17, 15) is 13.6 Å². The van der Waals surface area contributed by atoms with Crippen LogP contribution >= 0.6 is 0 Å². The summed E-state index contributed by atoms with van der Waals surface area (Å²) in [6, 6.07) is 5.27. The van der Waals surface area contributed by atoms with E-state index in [1.54, 1.807) is 0 Å². The molecule has 0 amide bonds. The predicted molar refractivity (Wildman–Crippen MR) is 56.4 cm³/mol. The van der Waals surface area contributed by atoms with Crippen LogP contribution in [0.4, 0.5) is 8.78 Å². The molecule has 0 aliphatic heterocycles. The molecular formula is C12H14F2O2. The lowest BCUT2D eigenvalue weighted by Crippen LogP contribution is -1.96. The molecule has 0 aromatic heterocycles. The first-order valence-corrected chi connectivity index (χ1v) is 5.21. The third-order valence-electron chi connectivity index (χ3n) is 2.33. The number of alkyl halides is 1. The Morgan fingerprint density at radius 2 is 1.88 bits per heavy atom. The summed E-state index contributed by atoms with van der Waals surface area (Å²) in [5.41, 5.74) is 0.441. The Hall–Kier alpha value is -1.45. The second-order valence-corrected chi connectivity index (χ2v) is 3.66. The van der Waals surface area contributed by atoms with Gasteiger partial charge in [0.1, 0.15) is 12.0 Å². The van der Waals surface area contributed by atoms with Crippen LogP contribution in [0.2, 0.25) is 0 Å². The molecule has 0 heterocycles. The van der Waals surface area contributed by atoms with Gasteiger partial charge in [-0.2, -0.15) is 0 Å². The first-order chi connectivity index (χ1) is 7.59. The molecule has 1 aromatic rings. The van der Waals surface area contributed by atoms with Gasteiger partial charge in [0.05, 0.1) is 0 Å². The SMILES string of the molecule is O=C(O)CCCCC(F)c1ccc(F)cc1. The molecule has 16 heavy (non-hydrogen) atoms. The molecule has 88 valence electrons. The van der Waals surface area contributed by atoms with Crippen LogP contribution in [0.15, 0.2) is 24.3 Å². The number of hydrogen-bond acceptors (Lipinski definition) is 1. The van der Waals surface area contributed by atoms with Crippen molar-refractivity contribution in [3.63, 3.8) is 0 Å². The Kier molecular flexibility index (Phi) is 4.89. The van der Waals surface area contributed by atoms with Crippen LogP contribution in [0.5, 0.6) is 0 Å². The molecule has 1 rings (SSSR count). The molecule has 1 atom stereocenters. The first-order valence-electron chi connectivity index (χ1n) is 5.21. The Bertz CT molecular complexity index is 335. The maximum absolute atomic E-state index is 13.5. The van der Waals surface area contributed by atoms with Crippen molar-refractivity contribution in [3.05, 3.63) is 35.6 Å². The molecule has 0 fully saturated rings. The zero-order valence-corrected chi connectivity index (χ0v) is 8.83. The summed E-state index contributed by atoms with van der Waals surface area (Å²) in [5, 5.41) is 8.39. The molecule has 0 aliphatic rings. The van der Waals surface area contributed by atoms with Crippen molar-refractivity contribution in [1.82, 2.24) is 0 Å². The highest BCUT2D eigenvalue weighted by Gasteiger charge is 2.09. The Morgan fingerprint density at radius 1 is 1.25 bits per heavy atom. The molecule has 1 N–H and O–H groups in total. The van der Waals surface area contributed by atoms with Crippen molar-refractivity contribution in [2.75, 3.05) is 0 Å². The zero-order chi connectivity index (χ0) is 12.0. The van der Waals surface area contributed by atoms with E-state index in [-0.39, 0.29) is 18.7 Å². The van der Waals surface area contributed by atoms with Crippen molar-refractivity contribution in [2.45, 2.75) is 31.9 Å². The molecule has 4 heteroatoms. The minimum atomic E-state index is -1.14. The monoisotopic (exact) mass is 228 g/mol. The highest BCUT2D eigenvalue weighted by Crippen LogP contribution is 2.23. The summed E-state index contributed by atoms with van der Waals surface area (Å²) >= 11 is 0. The van der Waals surface area contributed by atoms with Crippen LogP contribution in [0.3, 0.4) is 0 Å². The summed E-state index contributed by atoms with van der Waals surface area (Å²) in [7, 11) is 0. The van der Waals surface area contributed by atoms with E-state index in [1.165, 1.54) is 24.3 Å². The average molecular weight is 228 g/mol. The molecule has 2 nitrogen and oxygen atoms in total. The molecule has 0 saturated heterocycles. The molecule has 0 radical (unpaired) electrons. The fourth-order valence-corrected chi connectivity index (χ4v) is 1.44. The van der Waals surface area contributed by atoms with Crippen LogP contribution in [0, 0.1) is 5.82 Å². The van der Waals surface area contributed by atoms with Gasteiger partial charge in [0, 0.05) is 6.42 Å². The normalized spacial score (nSPS) is 12.4. The molecule has 0 bridgehead atoms. The summed E-state index contributed by atoms with van der Waals surface area (Å²) in [6.45, 7) is 0. The number of aliphatic carboxylic acids is 1. The predicted octanol–water partition coefficient (Wildman–Crippen LogP) is 3.48. The average Bonchev–Trinajstić information content (AvgIpc) is 2.25. The Balaban J connectivity index is 2.32. The smallest absolute Gasteiger partial charge is 0.303 e. The van der Waals surface area contributed by atoms with E-state index in [0.717, 1.165) is 0 Å². The van der Waals surface area contributed by atoms with E-state index in [0.29, 0.717) is 18.4 Å². The summed E-state index contributed by atoms with van der Waals surface area (Å²) < 4.78 is 26.1. The summed E-state index contributed by atoms with van der Waals surface area (Å²) in [4.78, 5) is 10.2. The maximum atomic E-state index is 13.5. The number of hydrogen-bond donors (Lipinski definition) is 1. The van der Waals surface area contributed by atoms with Crippen LogP contribution in [-0.4, -0.2) is 11.1 Å². The number of carboxylic acid groups (broad SMARTS) is 1. The van der Waals surface area contributed by atoms with Gasteiger partial charge in [-0.25, -0.2) is 8.78 Å². The number of rotatable bonds is 6. The van der Waals surface area contributed by atoms with E-state index in [2.05, 4.69) is 0 Å². The van der Waals surface area contributed by atoms with E-state index in [1.807, 2.05) is 0 Å². The van der Waals surface area contributed by atoms with Gasteiger partial charge in [-0.15, -0.1) is 0 Å². The minimum absolute atomic E-state index is 0.0656. The highest BCUT2D eigenvalue weighted by atomic mass is 19.1. The van der Waals surface area contributed by atoms with Crippen molar-refractivity contribution in [3.8, 4) is 0 Å². The van der Waals surface area contributed by atoms with Gasteiger partial charge >= 0.3 is 5.97 Å². The van der Waals surface area contributed by atoms with E-state index < -0.39 is 12.1 Å². The fourth-order valence-electron chi connectivity index (χ4n) is 1.44. The highest BCUT2D eigenvalue weighted by molar-refractivity contribution is 5.66. The summed E-state index contributed by atoms with van der Waals surface area (Å²) in [6.07, 6.45) is 0.186. The minimum Gasteiger partial charge on any atom is -0.481 e. The molecule has 0 aliphatic carbocycles. The lowest BCUT2D eigenvalue weighted by atomic mass is 10.0. The lowest BCUT2D eigenvalue weighted by molar-refractivity contribution is -0.137. The largest absolute Gasteiger partial charge is 0.481 e. The van der Waals surface area contributed by atoms with Gasteiger partial charge in [0.25, 0.3) is 0 Å². The second kappa shape index (κ2) is 6.20. The van der Waals surface area contributed by atoms with Crippen molar-refractivity contribution in [2.24, 2.45) is 0 Å². The van der Waals surface area contributed by atoms with E-state index in [4.69, 9.17) is 5.11 Å². The van der Waals surface area contributed by atoms with Crippen molar-refractivity contribution in [1.29, 1.82) is 0 Å². The second-order valence-electron chi connectivity index (χ2n) is 3.66. The topological polar surface area (TPSA) is 37.3 Å². The number of carbonyl (C=O) groups is 1. The molecule has 1 aromatic carbocycles.